The van der Waals surface area contributed by atoms with Crippen LogP contribution >= 0.6 is 34.5 Å². The van der Waals surface area contributed by atoms with Crippen molar-refractivity contribution in [3.8, 4) is 0 Å². The van der Waals surface area contributed by atoms with Gasteiger partial charge >= 0.3 is 0 Å². The number of aromatic nitrogens is 1. The predicted molar refractivity (Wildman–Crippen MR) is 106 cm³/mol. The first-order valence-corrected chi connectivity index (χ1v) is 11.0. The summed E-state index contributed by atoms with van der Waals surface area (Å²) in [6.07, 6.45) is 0.882. The zero-order valence-corrected chi connectivity index (χ0v) is 16.8. The lowest BCUT2D eigenvalue weighted by atomic mass is 10.1. The lowest BCUT2D eigenvalue weighted by Gasteiger charge is -2.21. The van der Waals surface area contributed by atoms with Gasteiger partial charge in [-0.15, -0.1) is 0 Å². The van der Waals surface area contributed by atoms with Crippen LogP contribution in [0.4, 0.5) is 10.8 Å². The molecule has 0 bridgehead atoms. The SMILES string of the molecule is C[C@@H]1Cc2ccccc2N1c1nc(S(=O)(=O)c2ccc(Cl)cc2)c(Cl)s1. The maximum absolute atomic E-state index is 12.9. The Hall–Kier alpha value is -1.60. The molecule has 1 atom stereocenters. The topological polar surface area (TPSA) is 50.3 Å². The minimum atomic E-state index is -3.81. The summed E-state index contributed by atoms with van der Waals surface area (Å²) in [6, 6.07) is 14.2. The van der Waals surface area contributed by atoms with Gasteiger partial charge in [-0.05, 0) is 49.2 Å². The third kappa shape index (κ3) is 2.91. The summed E-state index contributed by atoms with van der Waals surface area (Å²) < 4.78 is 26.0. The van der Waals surface area contributed by atoms with E-state index in [1.807, 2.05) is 23.1 Å². The van der Waals surface area contributed by atoms with Crippen molar-refractivity contribution < 1.29 is 8.42 Å². The van der Waals surface area contributed by atoms with Gasteiger partial charge in [0.15, 0.2) is 10.2 Å². The fourth-order valence-electron chi connectivity index (χ4n) is 3.13. The number of halogens is 2. The molecule has 1 aliphatic rings. The molecule has 3 aromatic rings. The van der Waals surface area contributed by atoms with Crippen LogP contribution in [0.2, 0.25) is 9.36 Å². The molecule has 0 N–H and O–H groups in total. The molecule has 4 nitrogen and oxygen atoms in total. The Morgan fingerprint density at radius 2 is 1.81 bits per heavy atom. The molecule has 2 aromatic carbocycles. The first kappa shape index (κ1) is 17.8. The predicted octanol–water partition coefficient (Wildman–Crippen LogP) is 5.37. The molecule has 134 valence electrons. The molecule has 0 amide bonds. The average molecular weight is 425 g/mol. The first-order valence-electron chi connectivity index (χ1n) is 7.92. The highest BCUT2D eigenvalue weighted by atomic mass is 35.5. The van der Waals surface area contributed by atoms with Crippen molar-refractivity contribution >= 4 is 55.2 Å². The first-order chi connectivity index (χ1) is 12.4. The van der Waals surface area contributed by atoms with E-state index in [0.717, 1.165) is 12.1 Å². The van der Waals surface area contributed by atoms with Crippen LogP contribution in [-0.4, -0.2) is 19.4 Å². The summed E-state index contributed by atoms with van der Waals surface area (Å²) >= 11 is 13.3. The van der Waals surface area contributed by atoms with E-state index in [1.165, 1.54) is 41.2 Å². The highest BCUT2D eigenvalue weighted by Crippen LogP contribution is 2.43. The molecule has 1 aromatic heterocycles. The number of fused-ring (bicyclic) bond motifs is 1. The molecule has 26 heavy (non-hydrogen) atoms. The number of benzene rings is 2. The summed E-state index contributed by atoms with van der Waals surface area (Å²) in [5.41, 5.74) is 2.26. The standard InChI is InChI=1S/C18H14Cl2N2O2S2/c1-11-10-12-4-2-3-5-15(12)22(11)18-21-17(16(20)25-18)26(23,24)14-8-6-13(19)7-9-14/h2-9,11H,10H2,1H3/t11-/m1/s1. The van der Waals surface area contributed by atoms with Gasteiger partial charge in [0.05, 0.1) is 4.90 Å². The Labute approximate surface area is 165 Å². The third-order valence-corrected chi connectivity index (χ3v) is 7.78. The molecule has 0 saturated heterocycles. The van der Waals surface area contributed by atoms with Gasteiger partial charge in [-0.1, -0.05) is 52.7 Å². The van der Waals surface area contributed by atoms with E-state index in [-0.39, 0.29) is 20.3 Å². The molecule has 0 saturated carbocycles. The second kappa shape index (κ2) is 6.53. The van der Waals surface area contributed by atoms with E-state index in [4.69, 9.17) is 23.2 Å². The summed E-state index contributed by atoms with van der Waals surface area (Å²) in [6.45, 7) is 2.09. The quantitative estimate of drug-likeness (QED) is 0.567. The van der Waals surface area contributed by atoms with Crippen molar-refractivity contribution in [3.05, 3.63) is 63.5 Å². The molecular weight excluding hydrogens is 411 g/mol. The van der Waals surface area contributed by atoms with E-state index in [0.29, 0.717) is 10.2 Å². The Balaban J connectivity index is 1.78. The van der Waals surface area contributed by atoms with Gasteiger partial charge in [0.1, 0.15) is 4.34 Å². The molecule has 0 fully saturated rings. The van der Waals surface area contributed by atoms with E-state index in [2.05, 4.69) is 18.0 Å². The van der Waals surface area contributed by atoms with Crippen LogP contribution in [-0.2, 0) is 16.3 Å². The van der Waals surface area contributed by atoms with Crippen LogP contribution < -0.4 is 4.90 Å². The fourth-order valence-corrected chi connectivity index (χ4v) is 6.26. The zero-order chi connectivity index (χ0) is 18.5. The maximum atomic E-state index is 12.9. The van der Waals surface area contributed by atoms with E-state index in [9.17, 15) is 8.42 Å². The number of sulfone groups is 1. The molecule has 8 heteroatoms. The normalized spacial score (nSPS) is 16.7. The highest BCUT2D eigenvalue weighted by molar-refractivity contribution is 7.91. The molecule has 0 aliphatic carbocycles. The van der Waals surface area contributed by atoms with Gasteiger partial charge in [0.2, 0.25) is 9.84 Å². The molecule has 0 unspecified atom stereocenters. The van der Waals surface area contributed by atoms with Crippen LogP contribution in [0.15, 0.2) is 58.5 Å². The zero-order valence-electron chi connectivity index (χ0n) is 13.7. The van der Waals surface area contributed by atoms with Crippen molar-refractivity contribution in [1.29, 1.82) is 0 Å². The van der Waals surface area contributed by atoms with Gasteiger partial charge in [-0.2, -0.15) is 0 Å². The van der Waals surface area contributed by atoms with Crippen molar-refractivity contribution in [2.24, 2.45) is 0 Å². The largest absolute Gasteiger partial charge is 0.314 e. The van der Waals surface area contributed by atoms with Crippen LogP contribution in [0.5, 0.6) is 0 Å². The fraction of sp³-hybridized carbons (Fsp3) is 0.167. The van der Waals surface area contributed by atoms with Crippen LogP contribution in [0.1, 0.15) is 12.5 Å². The summed E-state index contributed by atoms with van der Waals surface area (Å²) in [4.78, 5) is 6.57. The number of thiazole rings is 1. The third-order valence-electron chi connectivity index (χ3n) is 4.34. The Morgan fingerprint density at radius 3 is 2.54 bits per heavy atom. The summed E-state index contributed by atoms with van der Waals surface area (Å²) in [5, 5.41) is 0.939. The Kier molecular flexibility index (Phi) is 4.47. The maximum Gasteiger partial charge on any atom is 0.226 e. The lowest BCUT2D eigenvalue weighted by Crippen LogP contribution is -2.23. The van der Waals surface area contributed by atoms with Crippen LogP contribution in [0.3, 0.4) is 0 Å². The van der Waals surface area contributed by atoms with E-state index >= 15 is 0 Å². The van der Waals surface area contributed by atoms with E-state index < -0.39 is 9.84 Å². The minimum Gasteiger partial charge on any atom is -0.314 e. The average Bonchev–Trinajstić information content (AvgIpc) is 3.14. The molecule has 2 heterocycles. The van der Waals surface area contributed by atoms with Gasteiger partial charge in [0.25, 0.3) is 0 Å². The second-order valence-electron chi connectivity index (χ2n) is 6.08. The monoisotopic (exact) mass is 424 g/mol. The Bertz CT molecular complexity index is 1080. The van der Waals surface area contributed by atoms with Crippen LogP contribution in [0.25, 0.3) is 0 Å². The lowest BCUT2D eigenvalue weighted by molar-refractivity contribution is 0.593. The van der Waals surface area contributed by atoms with E-state index in [1.54, 1.807) is 0 Å². The minimum absolute atomic E-state index is 0.113. The number of anilines is 2. The number of hydrogen-bond acceptors (Lipinski definition) is 5. The van der Waals surface area contributed by atoms with Gasteiger partial charge in [0, 0.05) is 16.8 Å². The van der Waals surface area contributed by atoms with Crippen molar-refractivity contribution in [2.75, 3.05) is 4.90 Å². The van der Waals surface area contributed by atoms with Crippen LogP contribution in [0, 0.1) is 0 Å². The number of rotatable bonds is 3. The number of para-hydroxylation sites is 1. The Morgan fingerprint density at radius 1 is 1.12 bits per heavy atom. The van der Waals surface area contributed by atoms with Gasteiger partial charge in [-0.25, -0.2) is 13.4 Å². The molecular formula is C18H14Cl2N2O2S2. The molecule has 0 spiro atoms. The molecule has 4 rings (SSSR count). The second-order valence-corrected chi connectivity index (χ2v) is 9.97. The van der Waals surface area contributed by atoms with Gasteiger partial charge in [-0.3, -0.25) is 0 Å². The smallest absolute Gasteiger partial charge is 0.226 e. The van der Waals surface area contributed by atoms with Crippen molar-refractivity contribution in [1.82, 2.24) is 4.98 Å². The molecule has 1 aliphatic heterocycles. The molecule has 0 radical (unpaired) electrons. The van der Waals surface area contributed by atoms with Crippen molar-refractivity contribution in [2.45, 2.75) is 29.3 Å². The highest BCUT2D eigenvalue weighted by Gasteiger charge is 2.32. The van der Waals surface area contributed by atoms with Crippen molar-refractivity contribution in [3.63, 3.8) is 0 Å². The number of nitrogens with zero attached hydrogens (tertiary/aromatic N) is 2. The number of hydrogen-bond donors (Lipinski definition) is 0. The van der Waals surface area contributed by atoms with Gasteiger partial charge < -0.3 is 4.90 Å². The summed E-state index contributed by atoms with van der Waals surface area (Å²) in [5.74, 6) is 0. The summed E-state index contributed by atoms with van der Waals surface area (Å²) in [7, 11) is -3.81.